The van der Waals surface area contributed by atoms with E-state index in [2.05, 4.69) is 0 Å². The van der Waals surface area contributed by atoms with Crippen molar-refractivity contribution in [1.82, 2.24) is 4.90 Å². The SMILES string of the molecule is COc1sccc1CN(C)C(C)=O. The van der Waals surface area contributed by atoms with Gasteiger partial charge in [0, 0.05) is 26.1 Å². The molecule has 0 N–H and O–H groups in total. The number of thiophene rings is 1. The normalized spacial score (nSPS) is 9.77. The number of hydrogen-bond donors (Lipinski definition) is 0. The highest BCUT2D eigenvalue weighted by molar-refractivity contribution is 7.12. The maximum atomic E-state index is 11.0. The van der Waals surface area contributed by atoms with E-state index < -0.39 is 0 Å². The minimum absolute atomic E-state index is 0.0632. The lowest BCUT2D eigenvalue weighted by Gasteiger charge is -2.14. The van der Waals surface area contributed by atoms with E-state index in [0.717, 1.165) is 10.6 Å². The van der Waals surface area contributed by atoms with Crippen LogP contribution in [0.4, 0.5) is 0 Å². The first kappa shape index (κ1) is 10.1. The summed E-state index contributed by atoms with van der Waals surface area (Å²) in [5.41, 5.74) is 1.06. The van der Waals surface area contributed by atoms with E-state index in [0.29, 0.717) is 6.54 Å². The van der Waals surface area contributed by atoms with Gasteiger partial charge in [-0.15, -0.1) is 11.3 Å². The van der Waals surface area contributed by atoms with Crippen LogP contribution in [0.3, 0.4) is 0 Å². The van der Waals surface area contributed by atoms with Crippen molar-refractivity contribution in [1.29, 1.82) is 0 Å². The number of hydrogen-bond acceptors (Lipinski definition) is 3. The van der Waals surface area contributed by atoms with Crippen LogP contribution in [0, 0.1) is 0 Å². The van der Waals surface area contributed by atoms with Gasteiger partial charge in [-0.25, -0.2) is 0 Å². The lowest BCUT2D eigenvalue weighted by Crippen LogP contribution is -2.22. The van der Waals surface area contributed by atoms with Gasteiger partial charge in [-0.1, -0.05) is 0 Å². The first-order valence-electron chi connectivity index (χ1n) is 3.97. The third kappa shape index (κ3) is 2.45. The zero-order valence-corrected chi connectivity index (χ0v) is 8.85. The van der Waals surface area contributed by atoms with Crippen molar-refractivity contribution in [2.75, 3.05) is 14.2 Å². The van der Waals surface area contributed by atoms with Crippen molar-refractivity contribution >= 4 is 17.2 Å². The zero-order chi connectivity index (χ0) is 9.84. The topological polar surface area (TPSA) is 29.5 Å². The highest BCUT2D eigenvalue weighted by Crippen LogP contribution is 2.26. The Balaban J connectivity index is 2.68. The highest BCUT2D eigenvalue weighted by atomic mass is 32.1. The molecule has 0 aliphatic carbocycles. The Labute approximate surface area is 81.9 Å². The van der Waals surface area contributed by atoms with Gasteiger partial charge < -0.3 is 9.64 Å². The summed E-state index contributed by atoms with van der Waals surface area (Å²) >= 11 is 1.54. The summed E-state index contributed by atoms with van der Waals surface area (Å²) in [6.07, 6.45) is 0. The van der Waals surface area contributed by atoms with Crippen molar-refractivity contribution in [3.8, 4) is 5.06 Å². The number of rotatable bonds is 3. The molecule has 0 fully saturated rings. The standard InChI is InChI=1S/C9H13NO2S/c1-7(11)10(2)6-8-4-5-13-9(8)12-3/h4-5H,6H2,1-3H3. The molecule has 1 aromatic rings. The quantitative estimate of drug-likeness (QED) is 0.742. The predicted octanol–water partition coefficient (Wildman–Crippen LogP) is 1.74. The second-order valence-corrected chi connectivity index (χ2v) is 3.69. The zero-order valence-electron chi connectivity index (χ0n) is 8.03. The second kappa shape index (κ2) is 4.28. The largest absolute Gasteiger partial charge is 0.487 e. The summed E-state index contributed by atoms with van der Waals surface area (Å²) in [5, 5.41) is 2.84. The van der Waals surface area contributed by atoms with Crippen LogP contribution in [-0.2, 0) is 11.3 Å². The molecule has 0 aromatic carbocycles. The van der Waals surface area contributed by atoms with Crippen LogP contribution in [0.15, 0.2) is 11.4 Å². The van der Waals surface area contributed by atoms with E-state index in [1.165, 1.54) is 0 Å². The van der Waals surface area contributed by atoms with Gasteiger partial charge in [-0.3, -0.25) is 4.79 Å². The Morgan fingerprint density at radius 1 is 1.69 bits per heavy atom. The van der Waals surface area contributed by atoms with E-state index >= 15 is 0 Å². The van der Waals surface area contributed by atoms with E-state index in [-0.39, 0.29) is 5.91 Å². The molecule has 72 valence electrons. The summed E-state index contributed by atoms with van der Waals surface area (Å²) in [6.45, 7) is 2.17. The third-order valence-electron chi connectivity index (χ3n) is 1.84. The molecule has 0 unspecified atom stereocenters. The van der Waals surface area contributed by atoms with Gasteiger partial charge in [0.25, 0.3) is 0 Å². The summed E-state index contributed by atoms with van der Waals surface area (Å²) in [6, 6.07) is 1.98. The molecule has 0 spiro atoms. The molecule has 0 saturated heterocycles. The number of amides is 1. The Bertz CT molecular complexity index is 296. The fourth-order valence-corrected chi connectivity index (χ4v) is 1.72. The molecule has 13 heavy (non-hydrogen) atoms. The van der Waals surface area contributed by atoms with Gasteiger partial charge in [0.2, 0.25) is 5.91 Å². The smallest absolute Gasteiger partial charge is 0.219 e. The Kier molecular flexibility index (Phi) is 3.31. The van der Waals surface area contributed by atoms with Gasteiger partial charge in [0.05, 0.1) is 7.11 Å². The van der Waals surface area contributed by atoms with Crippen LogP contribution in [-0.4, -0.2) is 25.0 Å². The number of methoxy groups -OCH3 is 1. The first-order chi connectivity index (χ1) is 6.15. The minimum atomic E-state index is 0.0632. The summed E-state index contributed by atoms with van der Waals surface area (Å²) in [7, 11) is 3.42. The van der Waals surface area contributed by atoms with Crippen molar-refractivity contribution in [2.24, 2.45) is 0 Å². The molecule has 0 radical (unpaired) electrons. The monoisotopic (exact) mass is 199 g/mol. The molecule has 1 rings (SSSR count). The van der Waals surface area contributed by atoms with Crippen LogP contribution in [0.2, 0.25) is 0 Å². The van der Waals surface area contributed by atoms with Gasteiger partial charge in [-0.05, 0) is 11.4 Å². The van der Waals surface area contributed by atoms with Crippen LogP contribution < -0.4 is 4.74 Å². The molecule has 1 aromatic heterocycles. The maximum Gasteiger partial charge on any atom is 0.219 e. The summed E-state index contributed by atoms with van der Waals surface area (Å²) in [4.78, 5) is 12.6. The number of nitrogens with zero attached hydrogens (tertiary/aromatic N) is 1. The van der Waals surface area contributed by atoms with Crippen molar-refractivity contribution in [3.05, 3.63) is 17.0 Å². The highest BCUT2D eigenvalue weighted by Gasteiger charge is 2.08. The number of carbonyl (C=O) groups excluding carboxylic acids is 1. The van der Waals surface area contributed by atoms with E-state index in [9.17, 15) is 4.79 Å². The third-order valence-corrected chi connectivity index (χ3v) is 2.75. The molecule has 0 atom stereocenters. The summed E-state index contributed by atoms with van der Waals surface area (Å²) < 4.78 is 5.15. The average molecular weight is 199 g/mol. The average Bonchev–Trinajstić information content (AvgIpc) is 2.51. The molecule has 0 saturated carbocycles. The molecular formula is C9H13NO2S. The van der Waals surface area contributed by atoms with Crippen LogP contribution in [0.1, 0.15) is 12.5 Å². The van der Waals surface area contributed by atoms with Crippen molar-refractivity contribution in [3.63, 3.8) is 0 Å². The van der Waals surface area contributed by atoms with Crippen LogP contribution in [0.5, 0.6) is 5.06 Å². The van der Waals surface area contributed by atoms with Crippen LogP contribution >= 0.6 is 11.3 Å². The molecule has 4 heteroatoms. The van der Waals surface area contributed by atoms with Gasteiger partial charge in [0.1, 0.15) is 0 Å². The van der Waals surface area contributed by atoms with Gasteiger partial charge in [0.15, 0.2) is 5.06 Å². The molecule has 1 amide bonds. The Hall–Kier alpha value is -1.03. The first-order valence-corrected chi connectivity index (χ1v) is 4.85. The molecule has 3 nitrogen and oxygen atoms in total. The molecular weight excluding hydrogens is 186 g/mol. The van der Waals surface area contributed by atoms with Gasteiger partial charge >= 0.3 is 0 Å². The van der Waals surface area contributed by atoms with Crippen LogP contribution in [0.25, 0.3) is 0 Å². The minimum Gasteiger partial charge on any atom is -0.487 e. The van der Waals surface area contributed by atoms with E-state index in [1.54, 1.807) is 37.3 Å². The lowest BCUT2D eigenvalue weighted by atomic mass is 10.3. The van der Waals surface area contributed by atoms with Crippen molar-refractivity contribution in [2.45, 2.75) is 13.5 Å². The maximum absolute atomic E-state index is 11.0. The lowest BCUT2D eigenvalue weighted by molar-refractivity contribution is -0.128. The van der Waals surface area contributed by atoms with Gasteiger partial charge in [-0.2, -0.15) is 0 Å². The number of carbonyl (C=O) groups is 1. The molecule has 0 aliphatic heterocycles. The fourth-order valence-electron chi connectivity index (χ4n) is 0.985. The molecule has 0 aliphatic rings. The van der Waals surface area contributed by atoms with Crippen molar-refractivity contribution < 1.29 is 9.53 Å². The molecule has 1 heterocycles. The fraction of sp³-hybridized carbons (Fsp3) is 0.444. The second-order valence-electron chi connectivity index (χ2n) is 2.81. The van der Waals surface area contributed by atoms with E-state index in [1.807, 2.05) is 11.4 Å². The molecule has 0 bridgehead atoms. The Morgan fingerprint density at radius 2 is 2.38 bits per heavy atom. The van der Waals surface area contributed by atoms with E-state index in [4.69, 9.17) is 4.74 Å². The predicted molar refractivity (Wildman–Crippen MR) is 53.0 cm³/mol. The number of ether oxygens (including phenoxy) is 1. The Morgan fingerprint density at radius 3 is 2.92 bits per heavy atom. The summed E-state index contributed by atoms with van der Waals surface area (Å²) in [5.74, 6) is 0.0632.